The summed E-state index contributed by atoms with van der Waals surface area (Å²) in [5.41, 5.74) is 8.27. The number of aromatic nitrogens is 2. The molecule has 0 radical (unpaired) electrons. The molecule has 1 unspecified atom stereocenters. The average Bonchev–Trinajstić information content (AvgIpc) is 3.01. The van der Waals surface area contributed by atoms with E-state index >= 15 is 0 Å². The maximum atomic E-state index is 13.6. The normalized spacial score (nSPS) is 12.0. The van der Waals surface area contributed by atoms with Gasteiger partial charge in [0.1, 0.15) is 17.2 Å². The van der Waals surface area contributed by atoms with Crippen LogP contribution in [-0.2, 0) is 0 Å². The van der Waals surface area contributed by atoms with Gasteiger partial charge in [0.2, 0.25) is 5.95 Å². The smallest absolute Gasteiger partial charge is 0.223 e. The van der Waals surface area contributed by atoms with Crippen LogP contribution in [0.1, 0.15) is 31.2 Å². The van der Waals surface area contributed by atoms with Crippen LogP contribution in [-0.4, -0.2) is 16.5 Å². The molecule has 30 heavy (non-hydrogen) atoms. The van der Waals surface area contributed by atoms with Crippen molar-refractivity contribution >= 4 is 22.6 Å². The Hall–Kier alpha value is -3.55. The molecular formula is C22H27FN6O. The molecule has 0 aliphatic heterocycles. The number of aryl methyl sites for hydroxylation is 1. The number of nitrogens with one attached hydrogen (secondary N) is 3. The van der Waals surface area contributed by atoms with Crippen LogP contribution in [0.3, 0.4) is 0 Å². The van der Waals surface area contributed by atoms with Gasteiger partial charge in [-0.05, 0) is 31.0 Å². The van der Waals surface area contributed by atoms with Crippen molar-refractivity contribution in [1.29, 1.82) is 0 Å². The molecule has 7 nitrogen and oxygen atoms in total. The van der Waals surface area contributed by atoms with Gasteiger partial charge in [0.15, 0.2) is 0 Å². The van der Waals surface area contributed by atoms with Crippen molar-refractivity contribution in [1.82, 2.24) is 15.3 Å². The third-order valence-corrected chi connectivity index (χ3v) is 4.63. The highest BCUT2D eigenvalue weighted by molar-refractivity contribution is 5.82. The standard InChI is InChI=1S/C22H27FN6O/c1-12(2)20(21-14(4)18-8-16(23)6-7-19(18)30-21)29-15(5)28-17-10-26-22(27-11-17)25-9-13(3)24/h6-8,10-12,20,28-29H,3,5,9,24H2,1-2,4H3,(H,25,26,27). The molecule has 158 valence electrons. The molecule has 0 bridgehead atoms. The topological polar surface area (TPSA) is 101 Å². The summed E-state index contributed by atoms with van der Waals surface area (Å²) in [5.74, 6) is 1.69. The number of nitrogens with zero attached hydrogens (tertiary/aromatic N) is 2. The van der Waals surface area contributed by atoms with Gasteiger partial charge >= 0.3 is 0 Å². The van der Waals surface area contributed by atoms with Crippen LogP contribution in [0.25, 0.3) is 11.0 Å². The zero-order valence-corrected chi connectivity index (χ0v) is 17.4. The Labute approximate surface area is 175 Å². The van der Waals surface area contributed by atoms with E-state index in [9.17, 15) is 4.39 Å². The van der Waals surface area contributed by atoms with Gasteiger partial charge in [0.25, 0.3) is 0 Å². The molecule has 2 aromatic heterocycles. The van der Waals surface area contributed by atoms with Crippen LogP contribution in [0.5, 0.6) is 0 Å². The minimum Gasteiger partial charge on any atom is -0.459 e. The molecule has 8 heteroatoms. The Morgan fingerprint density at radius 1 is 1.23 bits per heavy atom. The van der Waals surface area contributed by atoms with Gasteiger partial charge in [-0.2, -0.15) is 0 Å². The monoisotopic (exact) mass is 410 g/mol. The molecule has 0 amide bonds. The van der Waals surface area contributed by atoms with Crippen molar-refractivity contribution in [3.05, 3.63) is 72.4 Å². The average molecular weight is 410 g/mol. The number of furan rings is 1. The molecule has 1 aromatic carbocycles. The lowest BCUT2D eigenvalue weighted by Gasteiger charge is -2.24. The van der Waals surface area contributed by atoms with E-state index in [0.717, 1.165) is 16.7 Å². The molecule has 0 aliphatic carbocycles. The fraction of sp³-hybridized carbons (Fsp3) is 0.273. The van der Waals surface area contributed by atoms with Crippen LogP contribution in [0.4, 0.5) is 16.0 Å². The Kier molecular flexibility index (Phi) is 6.25. The number of benzene rings is 1. The van der Waals surface area contributed by atoms with Crippen molar-refractivity contribution in [2.45, 2.75) is 26.8 Å². The molecule has 0 saturated carbocycles. The zero-order chi connectivity index (χ0) is 21.8. The van der Waals surface area contributed by atoms with Gasteiger partial charge in [0, 0.05) is 16.6 Å². The quantitative estimate of drug-likeness (QED) is 0.414. The van der Waals surface area contributed by atoms with E-state index in [-0.39, 0.29) is 17.8 Å². The second-order valence-electron chi connectivity index (χ2n) is 7.51. The second-order valence-corrected chi connectivity index (χ2v) is 7.51. The lowest BCUT2D eigenvalue weighted by Crippen LogP contribution is -2.28. The number of rotatable bonds is 9. The van der Waals surface area contributed by atoms with Gasteiger partial charge < -0.3 is 26.1 Å². The Morgan fingerprint density at radius 3 is 2.57 bits per heavy atom. The van der Waals surface area contributed by atoms with Crippen LogP contribution < -0.4 is 21.7 Å². The fourth-order valence-corrected chi connectivity index (χ4v) is 3.12. The number of hydrogen-bond acceptors (Lipinski definition) is 7. The maximum Gasteiger partial charge on any atom is 0.223 e. The van der Waals surface area contributed by atoms with Crippen molar-refractivity contribution in [3.63, 3.8) is 0 Å². The first-order valence-electron chi connectivity index (χ1n) is 9.64. The molecule has 1 atom stereocenters. The molecule has 5 N–H and O–H groups in total. The first kappa shape index (κ1) is 21.2. The van der Waals surface area contributed by atoms with Gasteiger partial charge in [-0.25, -0.2) is 14.4 Å². The molecule has 0 aliphatic rings. The zero-order valence-electron chi connectivity index (χ0n) is 17.4. The van der Waals surface area contributed by atoms with Gasteiger partial charge in [-0.1, -0.05) is 27.0 Å². The number of anilines is 2. The second kappa shape index (κ2) is 8.86. The third-order valence-electron chi connectivity index (χ3n) is 4.63. The highest BCUT2D eigenvalue weighted by Gasteiger charge is 2.24. The summed E-state index contributed by atoms with van der Waals surface area (Å²) in [4.78, 5) is 8.45. The summed E-state index contributed by atoms with van der Waals surface area (Å²) < 4.78 is 19.7. The first-order chi connectivity index (χ1) is 14.2. The van der Waals surface area contributed by atoms with E-state index in [1.54, 1.807) is 18.5 Å². The number of hydrogen-bond donors (Lipinski definition) is 4. The van der Waals surface area contributed by atoms with Crippen molar-refractivity contribution in [2.75, 3.05) is 17.2 Å². The first-order valence-corrected chi connectivity index (χ1v) is 9.64. The molecule has 3 aromatic rings. The summed E-state index contributed by atoms with van der Waals surface area (Å²) in [5, 5.41) is 10.2. The van der Waals surface area contributed by atoms with Crippen molar-refractivity contribution in [2.24, 2.45) is 11.7 Å². The maximum absolute atomic E-state index is 13.6. The summed E-state index contributed by atoms with van der Waals surface area (Å²) in [6.45, 7) is 14.2. The third kappa shape index (κ3) is 4.89. The summed E-state index contributed by atoms with van der Waals surface area (Å²) >= 11 is 0. The highest BCUT2D eigenvalue weighted by atomic mass is 19.1. The fourth-order valence-electron chi connectivity index (χ4n) is 3.12. The minimum absolute atomic E-state index is 0.155. The Balaban J connectivity index is 1.72. The van der Waals surface area contributed by atoms with Gasteiger partial charge in [-0.3, -0.25) is 0 Å². The molecule has 0 saturated heterocycles. The van der Waals surface area contributed by atoms with E-state index in [1.807, 2.05) is 6.92 Å². The summed E-state index contributed by atoms with van der Waals surface area (Å²) in [6.07, 6.45) is 3.28. The van der Waals surface area contributed by atoms with Gasteiger partial charge in [0.05, 0.1) is 36.5 Å². The van der Waals surface area contributed by atoms with Crippen LogP contribution in [0.2, 0.25) is 0 Å². The van der Waals surface area contributed by atoms with Crippen molar-refractivity contribution in [3.8, 4) is 0 Å². The number of nitrogens with two attached hydrogens (primary N) is 1. The molecule has 2 heterocycles. The van der Waals surface area contributed by atoms with E-state index in [2.05, 4.69) is 52.9 Å². The van der Waals surface area contributed by atoms with E-state index in [0.29, 0.717) is 35.3 Å². The highest BCUT2D eigenvalue weighted by Crippen LogP contribution is 2.33. The predicted octanol–water partition coefficient (Wildman–Crippen LogP) is 4.42. The number of fused-ring (bicyclic) bond motifs is 1. The predicted molar refractivity (Wildman–Crippen MR) is 118 cm³/mol. The summed E-state index contributed by atoms with van der Waals surface area (Å²) in [7, 11) is 0. The van der Waals surface area contributed by atoms with E-state index < -0.39 is 0 Å². The minimum atomic E-state index is -0.285. The molecule has 3 rings (SSSR count). The number of halogens is 1. The van der Waals surface area contributed by atoms with Crippen LogP contribution in [0.15, 0.2) is 59.7 Å². The largest absolute Gasteiger partial charge is 0.459 e. The van der Waals surface area contributed by atoms with Crippen molar-refractivity contribution < 1.29 is 8.81 Å². The van der Waals surface area contributed by atoms with E-state index in [4.69, 9.17) is 10.2 Å². The SMILES string of the molecule is C=C(N)CNc1ncc(NC(=C)NC(c2oc3ccc(F)cc3c2C)C(C)C)cn1. The Morgan fingerprint density at radius 2 is 1.93 bits per heavy atom. The molecular weight excluding hydrogens is 383 g/mol. The lowest BCUT2D eigenvalue weighted by molar-refractivity contribution is 0.372. The van der Waals surface area contributed by atoms with Gasteiger partial charge in [-0.15, -0.1) is 0 Å². The van der Waals surface area contributed by atoms with Crippen LogP contribution >= 0.6 is 0 Å². The summed E-state index contributed by atoms with van der Waals surface area (Å²) in [6, 6.07) is 4.39. The lowest BCUT2D eigenvalue weighted by atomic mass is 9.98. The molecule has 0 spiro atoms. The Bertz CT molecular complexity index is 1060. The van der Waals surface area contributed by atoms with E-state index in [1.165, 1.54) is 12.1 Å². The van der Waals surface area contributed by atoms with Crippen LogP contribution in [0, 0.1) is 18.7 Å². The molecule has 0 fully saturated rings.